The second-order valence-electron chi connectivity index (χ2n) is 3.16. The highest BCUT2D eigenvalue weighted by molar-refractivity contribution is 9.09. The number of hydrogen-bond donors (Lipinski definition) is 6. The molecule has 0 radical (unpaired) electrons. The molecular weight excluding hydrogens is 581 g/mol. The van der Waals surface area contributed by atoms with Gasteiger partial charge >= 0.3 is 8.60 Å². The van der Waals surface area contributed by atoms with Crippen LogP contribution in [0.4, 0.5) is 0 Å². The lowest BCUT2D eigenvalue weighted by atomic mass is 10.5. The van der Waals surface area contributed by atoms with Crippen molar-refractivity contribution in [3.8, 4) is 0 Å². The molecule has 0 aromatic heterocycles. The smallest absolute Gasteiger partial charge is 0.324 e. The van der Waals surface area contributed by atoms with Crippen LogP contribution in [0.5, 0.6) is 0 Å². The fraction of sp³-hybridized carbons (Fsp3) is 1.00. The molecule has 0 saturated carbocycles. The van der Waals surface area contributed by atoms with E-state index >= 15 is 0 Å². The van der Waals surface area contributed by atoms with E-state index in [1.807, 2.05) is 0 Å². The highest BCUT2D eigenvalue weighted by Gasteiger charge is 1.95. The molecule has 6 nitrogen and oxygen atoms in total. The summed E-state index contributed by atoms with van der Waals surface area (Å²) in [7, 11) is -2.62. The molecule has 0 heterocycles. The van der Waals surface area contributed by atoms with Crippen LogP contribution >= 0.6 is 91.2 Å². The Hall–Kier alpha value is 2.50. The number of aliphatic hydroxyl groups is 3. The first kappa shape index (κ1) is 32.2. The molecule has 0 amide bonds. The lowest BCUT2D eigenvalue weighted by Crippen LogP contribution is -2.08. The molecule has 140 valence electrons. The molecule has 0 aromatic rings. The van der Waals surface area contributed by atoms with E-state index in [1.165, 1.54) is 0 Å². The van der Waals surface area contributed by atoms with Gasteiger partial charge in [-0.15, -0.1) is 34.8 Å². The van der Waals surface area contributed by atoms with Crippen molar-refractivity contribution in [1.82, 2.24) is 0 Å². The molecule has 0 spiro atoms. The minimum Gasteiger partial charge on any atom is -0.391 e. The van der Waals surface area contributed by atoms with Gasteiger partial charge in [-0.05, 0) is 0 Å². The summed E-state index contributed by atoms with van der Waals surface area (Å²) in [6.45, 7) is 0. The maximum absolute atomic E-state index is 8.49. The Balaban J connectivity index is -0.0000000994. The molecule has 22 heavy (non-hydrogen) atoms. The third-order valence-electron chi connectivity index (χ3n) is 1.07. The van der Waals surface area contributed by atoms with Gasteiger partial charge in [0.15, 0.2) is 0 Å². The summed E-state index contributed by atoms with van der Waals surface area (Å²) in [5.74, 6) is 0.932. The highest BCUT2D eigenvalue weighted by atomic mass is 79.9. The minimum atomic E-state index is -2.62. The Bertz CT molecular complexity index is 154. The van der Waals surface area contributed by atoms with Gasteiger partial charge in [-0.2, -0.15) is 0 Å². The average molecular weight is 602 g/mol. The predicted molar refractivity (Wildman–Crippen MR) is 105 cm³/mol. The normalized spacial score (nSPS) is 13.5. The van der Waals surface area contributed by atoms with E-state index in [-0.39, 0.29) is 18.3 Å². The van der Waals surface area contributed by atoms with Gasteiger partial charge in [-0.3, -0.25) is 0 Å². The second kappa shape index (κ2) is 28.3. The first-order valence-electron chi connectivity index (χ1n) is 5.43. The minimum absolute atomic E-state index is 0.311. The maximum Gasteiger partial charge on any atom is 0.324 e. The summed E-state index contributed by atoms with van der Waals surface area (Å²) in [4.78, 5) is 21.7. The van der Waals surface area contributed by atoms with Crippen LogP contribution in [0.25, 0.3) is 0 Å². The highest BCUT2D eigenvalue weighted by Crippen LogP contribution is 2.11. The van der Waals surface area contributed by atoms with E-state index in [4.69, 9.17) is 64.8 Å². The summed E-state index contributed by atoms with van der Waals surface area (Å²) < 4.78 is 0. The molecule has 0 aliphatic rings. The van der Waals surface area contributed by atoms with Gasteiger partial charge in [-0.25, -0.2) is 0 Å². The van der Waals surface area contributed by atoms with Crippen LogP contribution in [0.3, 0.4) is 0 Å². The molecule has 6 N–H and O–H groups in total. The lowest BCUT2D eigenvalue weighted by Gasteiger charge is -1.95. The molecule has 0 rings (SSSR count). The van der Waals surface area contributed by atoms with E-state index < -0.39 is 8.60 Å². The zero-order chi connectivity index (χ0) is 18.6. The largest absolute Gasteiger partial charge is 0.391 e. The van der Waals surface area contributed by atoms with Gasteiger partial charge in [0.05, 0.1) is 18.3 Å². The third kappa shape index (κ3) is 49.5. The lowest BCUT2D eigenvalue weighted by molar-refractivity contribution is 0.224. The molecule has 0 fully saturated rings. The molecule has 0 aliphatic carbocycles. The van der Waals surface area contributed by atoms with Gasteiger partial charge in [-0.1, -0.05) is 47.8 Å². The Kier molecular flexibility index (Phi) is 41.4. The second-order valence-corrected chi connectivity index (χ2v) is 6.56. The standard InChI is InChI=1S/3C3H6BrClO.H3O3P/c3*4-1-3(6)2-5;1-4(2)3/h3*3,6H,1-2H2;1-3H. The van der Waals surface area contributed by atoms with Crippen LogP contribution in [0.2, 0.25) is 0 Å². The number of halogens is 6. The van der Waals surface area contributed by atoms with Crippen molar-refractivity contribution in [2.45, 2.75) is 18.3 Å². The first-order chi connectivity index (χ1) is 10.2. The molecular formula is C9H21Br3Cl3O6P. The van der Waals surface area contributed by atoms with Crippen LogP contribution in [-0.4, -0.2) is 81.9 Å². The number of alkyl halides is 6. The van der Waals surface area contributed by atoms with E-state index in [9.17, 15) is 0 Å². The monoisotopic (exact) mass is 598 g/mol. The van der Waals surface area contributed by atoms with E-state index in [0.717, 1.165) is 0 Å². The van der Waals surface area contributed by atoms with Crippen molar-refractivity contribution in [3.63, 3.8) is 0 Å². The van der Waals surface area contributed by atoms with Crippen LogP contribution in [0, 0.1) is 0 Å². The maximum atomic E-state index is 8.49. The molecule has 3 unspecified atom stereocenters. The molecule has 0 bridgehead atoms. The van der Waals surface area contributed by atoms with Crippen LogP contribution in [0.1, 0.15) is 0 Å². The molecule has 0 aliphatic heterocycles. The first-order valence-corrected chi connectivity index (χ1v) is 11.6. The SMILES string of the molecule is OC(CCl)CBr.OC(CCl)CBr.OC(CCl)CBr.OP(O)O. The van der Waals surface area contributed by atoms with Crippen molar-refractivity contribution in [2.24, 2.45) is 0 Å². The Morgan fingerprint density at radius 3 is 0.773 bits per heavy atom. The zero-order valence-corrected chi connectivity index (χ0v) is 19.3. The summed E-state index contributed by atoms with van der Waals surface area (Å²) >= 11 is 24.6. The number of hydrogen-bond acceptors (Lipinski definition) is 6. The average Bonchev–Trinajstić information content (AvgIpc) is 2.52. The van der Waals surface area contributed by atoms with Crippen molar-refractivity contribution < 1.29 is 30.0 Å². The fourth-order valence-electron chi connectivity index (χ4n) is 0.124. The molecule has 0 saturated heterocycles. The topological polar surface area (TPSA) is 121 Å². The molecule has 13 heteroatoms. The fourth-order valence-corrected chi connectivity index (χ4v) is 1.93. The van der Waals surface area contributed by atoms with Crippen molar-refractivity contribution in [1.29, 1.82) is 0 Å². The summed E-state index contributed by atoms with van der Waals surface area (Å²) in [6, 6.07) is 0. The Morgan fingerprint density at radius 1 is 0.636 bits per heavy atom. The van der Waals surface area contributed by atoms with Crippen LogP contribution < -0.4 is 0 Å². The summed E-state index contributed by atoms with van der Waals surface area (Å²) in [6.07, 6.45) is -1.15. The van der Waals surface area contributed by atoms with Crippen molar-refractivity contribution >= 4 is 91.2 Å². The van der Waals surface area contributed by atoms with Gasteiger partial charge in [0.2, 0.25) is 0 Å². The number of aliphatic hydroxyl groups excluding tert-OH is 3. The van der Waals surface area contributed by atoms with Crippen LogP contribution in [-0.2, 0) is 0 Å². The third-order valence-corrected chi connectivity index (χ3v) is 4.38. The molecule has 3 atom stereocenters. The zero-order valence-electron chi connectivity index (χ0n) is 11.4. The van der Waals surface area contributed by atoms with E-state index in [2.05, 4.69) is 47.8 Å². The Morgan fingerprint density at radius 2 is 0.773 bits per heavy atom. The van der Waals surface area contributed by atoms with E-state index in [1.54, 1.807) is 0 Å². The van der Waals surface area contributed by atoms with Crippen LogP contribution in [0.15, 0.2) is 0 Å². The van der Waals surface area contributed by atoms with Gasteiger partial charge < -0.3 is 30.0 Å². The van der Waals surface area contributed by atoms with Gasteiger partial charge in [0, 0.05) is 33.6 Å². The van der Waals surface area contributed by atoms with Crippen molar-refractivity contribution in [2.75, 3.05) is 33.6 Å². The predicted octanol–water partition coefficient (Wildman–Crippen LogP) is 2.13. The quantitative estimate of drug-likeness (QED) is 0.205. The van der Waals surface area contributed by atoms with Crippen molar-refractivity contribution in [3.05, 3.63) is 0 Å². The van der Waals surface area contributed by atoms with Gasteiger partial charge in [0.1, 0.15) is 0 Å². The van der Waals surface area contributed by atoms with E-state index in [0.29, 0.717) is 33.6 Å². The molecule has 0 aromatic carbocycles. The summed E-state index contributed by atoms with van der Waals surface area (Å²) in [5.41, 5.74) is 0. The van der Waals surface area contributed by atoms with Gasteiger partial charge in [0.25, 0.3) is 0 Å². The number of rotatable bonds is 6. The summed E-state index contributed by atoms with van der Waals surface area (Å²) in [5, 5.41) is 27.2. The Labute approximate surface area is 172 Å².